The Morgan fingerprint density at radius 1 is 1.00 bits per heavy atom. The molecule has 0 aliphatic carbocycles. The molecule has 2 aliphatic heterocycles. The molecule has 1 aromatic carbocycles. The zero-order valence-corrected chi connectivity index (χ0v) is 21.0. The summed E-state index contributed by atoms with van der Waals surface area (Å²) in [7, 11) is -2.93. The van der Waals surface area contributed by atoms with Gasteiger partial charge in [-0.15, -0.1) is 0 Å². The first-order chi connectivity index (χ1) is 18.0. The van der Waals surface area contributed by atoms with Gasteiger partial charge in [0, 0.05) is 61.6 Å². The van der Waals surface area contributed by atoms with Crippen LogP contribution in [0.25, 0.3) is 44.5 Å². The molecule has 1 N–H and O–H groups in total. The predicted molar refractivity (Wildman–Crippen MR) is 141 cm³/mol. The van der Waals surface area contributed by atoms with Gasteiger partial charge in [0.15, 0.2) is 27.1 Å². The molecular weight excluding hydrogens is 492 g/mol. The van der Waals surface area contributed by atoms with Crippen molar-refractivity contribution in [3.63, 3.8) is 0 Å². The first kappa shape index (κ1) is 22.6. The second-order valence-electron chi connectivity index (χ2n) is 9.62. The number of nitrogens with one attached hydrogen (secondary N) is 1. The molecule has 0 bridgehead atoms. The number of furan rings is 1. The molecule has 11 heteroatoms. The Labute approximate surface area is 213 Å². The maximum atomic E-state index is 11.8. The van der Waals surface area contributed by atoms with E-state index in [9.17, 15) is 8.42 Å². The van der Waals surface area contributed by atoms with Gasteiger partial charge in [0.1, 0.15) is 5.52 Å². The van der Waals surface area contributed by atoms with Crippen molar-refractivity contribution < 1.29 is 17.6 Å². The van der Waals surface area contributed by atoms with E-state index in [1.165, 1.54) is 0 Å². The fraction of sp³-hybridized carbons (Fsp3) is 0.346. The van der Waals surface area contributed by atoms with Crippen LogP contribution in [0.5, 0.6) is 0 Å². The number of rotatable bonds is 4. The zero-order chi connectivity index (χ0) is 25.0. The van der Waals surface area contributed by atoms with Gasteiger partial charge in [0.2, 0.25) is 5.71 Å². The fourth-order valence-corrected chi connectivity index (χ4v) is 6.48. The molecule has 0 amide bonds. The summed E-state index contributed by atoms with van der Waals surface area (Å²) in [6, 6.07) is 10.2. The monoisotopic (exact) mass is 518 g/mol. The quantitative estimate of drug-likeness (QED) is 0.383. The number of nitrogens with zero attached hydrogens (tertiary/aromatic N) is 5. The summed E-state index contributed by atoms with van der Waals surface area (Å²) in [6.45, 7) is 4.37. The number of hydrogen-bond acceptors (Lipinski definition) is 9. The van der Waals surface area contributed by atoms with Crippen LogP contribution in [0, 0.1) is 0 Å². The average molecular weight is 519 g/mol. The summed E-state index contributed by atoms with van der Waals surface area (Å²) in [5, 5.41) is 1.89. The molecule has 0 saturated carbocycles. The summed E-state index contributed by atoms with van der Waals surface area (Å²) in [5.41, 5.74) is 4.83. The molecule has 7 rings (SSSR count). The highest BCUT2D eigenvalue weighted by Crippen LogP contribution is 2.36. The normalized spacial score (nSPS) is 18.8. The van der Waals surface area contributed by atoms with Gasteiger partial charge in [-0.1, -0.05) is 12.1 Å². The Morgan fingerprint density at radius 2 is 1.84 bits per heavy atom. The van der Waals surface area contributed by atoms with Gasteiger partial charge in [0.25, 0.3) is 0 Å². The lowest BCUT2D eigenvalue weighted by molar-refractivity contribution is 0.122. The highest BCUT2D eigenvalue weighted by atomic mass is 32.2. The van der Waals surface area contributed by atoms with Crippen molar-refractivity contribution in [2.75, 3.05) is 55.8 Å². The number of aromatic nitrogens is 4. The lowest BCUT2D eigenvalue weighted by Gasteiger charge is -2.27. The first-order valence-electron chi connectivity index (χ1n) is 12.5. The van der Waals surface area contributed by atoms with Crippen LogP contribution in [0.4, 0.5) is 5.82 Å². The number of sulfone groups is 1. The summed E-state index contributed by atoms with van der Waals surface area (Å²) in [5.74, 6) is 1.77. The smallest absolute Gasteiger partial charge is 0.229 e. The van der Waals surface area contributed by atoms with E-state index < -0.39 is 9.84 Å². The molecule has 0 spiro atoms. The summed E-state index contributed by atoms with van der Waals surface area (Å²) >= 11 is 0. The van der Waals surface area contributed by atoms with Crippen LogP contribution in [0.3, 0.4) is 0 Å². The number of aromatic amines is 1. The van der Waals surface area contributed by atoms with E-state index in [-0.39, 0.29) is 11.5 Å². The number of benzene rings is 1. The van der Waals surface area contributed by atoms with Crippen molar-refractivity contribution in [1.29, 1.82) is 0 Å². The summed E-state index contributed by atoms with van der Waals surface area (Å²) < 4.78 is 35.5. The number of ether oxygens (including phenoxy) is 1. The van der Waals surface area contributed by atoms with E-state index >= 15 is 0 Å². The minimum absolute atomic E-state index is 0.196. The summed E-state index contributed by atoms with van der Waals surface area (Å²) in [6.07, 6.45) is 3.72. The fourth-order valence-electron chi connectivity index (χ4n) is 5.20. The Kier molecular flexibility index (Phi) is 5.38. The van der Waals surface area contributed by atoms with Gasteiger partial charge in [-0.3, -0.25) is 4.90 Å². The van der Waals surface area contributed by atoms with Crippen molar-refractivity contribution in [3.05, 3.63) is 48.3 Å². The molecule has 10 nitrogen and oxygen atoms in total. The molecule has 2 fully saturated rings. The van der Waals surface area contributed by atoms with Crippen molar-refractivity contribution in [2.45, 2.75) is 6.54 Å². The van der Waals surface area contributed by atoms with Crippen molar-refractivity contribution in [2.24, 2.45) is 0 Å². The van der Waals surface area contributed by atoms with Gasteiger partial charge in [-0.25, -0.2) is 23.4 Å². The Balaban J connectivity index is 1.36. The van der Waals surface area contributed by atoms with Crippen LogP contribution in [-0.4, -0.2) is 84.2 Å². The maximum Gasteiger partial charge on any atom is 0.229 e. The van der Waals surface area contributed by atoms with Crippen molar-refractivity contribution in [1.82, 2.24) is 24.8 Å². The van der Waals surface area contributed by atoms with Gasteiger partial charge in [-0.2, -0.15) is 0 Å². The van der Waals surface area contributed by atoms with E-state index in [2.05, 4.69) is 25.8 Å². The summed E-state index contributed by atoms with van der Waals surface area (Å²) in [4.78, 5) is 22.2. The van der Waals surface area contributed by atoms with Gasteiger partial charge >= 0.3 is 0 Å². The van der Waals surface area contributed by atoms with Crippen LogP contribution < -0.4 is 4.90 Å². The first-order valence-corrected chi connectivity index (χ1v) is 14.3. The molecular formula is C26H26N6O4S. The number of fused-ring (bicyclic) bond motifs is 4. The Morgan fingerprint density at radius 3 is 2.68 bits per heavy atom. The van der Waals surface area contributed by atoms with Crippen LogP contribution in [-0.2, 0) is 21.1 Å². The standard InChI is InChI=1S/C26H26N6O4S/c33-37(34)12-8-31(9-13-37)16-17-14-20-22-23(36-26(20)28-15-17)25(32-6-10-35-11-7-32)30-24(29-22)19-2-1-3-21-18(19)4-5-27-21/h1-5,14-15,27H,6-13,16H2. The molecule has 0 radical (unpaired) electrons. The van der Waals surface area contributed by atoms with Crippen LogP contribution in [0.2, 0.25) is 0 Å². The minimum Gasteiger partial charge on any atom is -0.432 e. The number of anilines is 1. The molecule has 190 valence electrons. The molecule has 0 unspecified atom stereocenters. The molecule has 37 heavy (non-hydrogen) atoms. The second-order valence-corrected chi connectivity index (χ2v) is 11.9. The van der Waals surface area contributed by atoms with Crippen molar-refractivity contribution >= 4 is 48.8 Å². The molecule has 6 heterocycles. The number of morpholine rings is 1. The maximum absolute atomic E-state index is 11.8. The Hall–Kier alpha value is -3.54. The van der Waals surface area contributed by atoms with Crippen LogP contribution >= 0.6 is 0 Å². The highest BCUT2D eigenvalue weighted by Gasteiger charge is 2.25. The van der Waals surface area contributed by atoms with Crippen molar-refractivity contribution in [3.8, 4) is 11.4 Å². The van der Waals surface area contributed by atoms with Gasteiger partial charge in [-0.05, 0) is 23.8 Å². The van der Waals surface area contributed by atoms with E-state index in [1.807, 2.05) is 30.5 Å². The third kappa shape index (κ3) is 4.12. The largest absolute Gasteiger partial charge is 0.432 e. The molecule has 5 aromatic rings. The lowest BCUT2D eigenvalue weighted by Crippen LogP contribution is -2.39. The third-order valence-electron chi connectivity index (χ3n) is 7.20. The number of hydrogen-bond donors (Lipinski definition) is 1. The number of H-pyrrole nitrogens is 1. The predicted octanol–water partition coefficient (Wildman–Crippen LogP) is 2.99. The molecule has 4 aromatic heterocycles. The highest BCUT2D eigenvalue weighted by molar-refractivity contribution is 7.91. The topological polar surface area (TPSA) is 117 Å². The van der Waals surface area contributed by atoms with Crippen LogP contribution in [0.15, 0.2) is 47.1 Å². The third-order valence-corrected chi connectivity index (χ3v) is 8.81. The zero-order valence-electron chi connectivity index (χ0n) is 20.2. The lowest BCUT2D eigenvalue weighted by atomic mass is 10.1. The van der Waals surface area contributed by atoms with E-state index in [0.717, 1.165) is 38.8 Å². The van der Waals surface area contributed by atoms with Gasteiger partial charge < -0.3 is 19.0 Å². The molecule has 0 atom stereocenters. The Bertz CT molecular complexity index is 1720. The molecule has 2 saturated heterocycles. The minimum atomic E-state index is -2.93. The molecule has 2 aliphatic rings. The van der Waals surface area contributed by atoms with Gasteiger partial charge in [0.05, 0.1) is 30.1 Å². The average Bonchev–Trinajstić information content (AvgIpc) is 3.54. The van der Waals surface area contributed by atoms with Crippen LogP contribution in [0.1, 0.15) is 5.56 Å². The SMILES string of the molecule is O=S1(=O)CCN(Cc2cnc3oc4c(N5CCOCC5)nc(-c5cccc6[nH]ccc56)nc4c3c2)CC1. The number of pyridine rings is 1. The van der Waals surface area contributed by atoms with E-state index in [4.69, 9.17) is 19.1 Å². The second kappa shape index (κ2) is 8.79. The van der Waals surface area contributed by atoms with E-state index in [0.29, 0.717) is 63.1 Å². The van der Waals surface area contributed by atoms with E-state index in [1.54, 1.807) is 6.20 Å².